The van der Waals surface area contributed by atoms with Gasteiger partial charge in [-0.15, -0.1) is 0 Å². The van der Waals surface area contributed by atoms with Crippen molar-refractivity contribution in [3.05, 3.63) is 29.8 Å². The number of aromatic hydroxyl groups is 1. The molecule has 0 aliphatic heterocycles. The molecule has 1 aromatic rings. The number of phenols is 1. The first-order chi connectivity index (χ1) is 9.19. The van der Waals surface area contributed by atoms with Crippen LogP contribution in [0.2, 0.25) is 0 Å². The number of nitrogens with one attached hydrogen (secondary N) is 1. The second kappa shape index (κ2) is 6.95. The Morgan fingerprint density at radius 3 is 2.63 bits per heavy atom. The number of rotatable bonds is 5. The molecule has 2 nitrogen and oxygen atoms in total. The zero-order valence-electron chi connectivity index (χ0n) is 12.2. The molecule has 2 heteroatoms. The topological polar surface area (TPSA) is 32.3 Å². The van der Waals surface area contributed by atoms with E-state index in [1.807, 2.05) is 12.1 Å². The summed E-state index contributed by atoms with van der Waals surface area (Å²) >= 11 is 0. The fourth-order valence-electron chi connectivity index (χ4n) is 3.26. The van der Waals surface area contributed by atoms with Crippen molar-refractivity contribution in [2.24, 2.45) is 11.8 Å². The molecule has 3 unspecified atom stereocenters. The third kappa shape index (κ3) is 4.24. The lowest BCUT2D eigenvalue weighted by Gasteiger charge is -2.28. The van der Waals surface area contributed by atoms with E-state index in [-0.39, 0.29) is 0 Å². The molecule has 0 aromatic heterocycles. The number of phenolic OH excluding ortho intramolecular Hbond substituents is 1. The summed E-state index contributed by atoms with van der Waals surface area (Å²) in [4.78, 5) is 0. The largest absolute Gasteiger partial charge is 0.508 e. The van der Waals surface area contributed by atoms with Gasteiger partial charge in [0.05, 0.1) is 0 Å². The molecule has 0 heterocycles. The molecule has 1 fully saturated rings. The lowest BCUT2D eigenvalue weighted by molar-refractivity contribution is 0.266. The van der Waals surface area contributed by atoms with Crippen molar-refractivity contribution in [3.63, 3.8) is 0 Å². The molecule has 0 spiro atoms. The average Bonchev–Trinajstić information content (AvgIpc) is 2.41. The van der Waals surface area contributed by atoms with Crippen LogP contribution < -0.4 is 5.32 Å². The number of benzene rings is 1. The SMILES string of the molecule is CCC(NCC1CCCC(C)C1)c1ccc(O)cc1. The summed E-state index contributed by atoms with van der Waals surface area (Å²) in [6, 6.07) is 8.03. The molecule has 1 aromatic carbocycles. The lowest BCUT2D eigenvalue weighted by Crippen LogP contribution is -2.29. The van der Waals surface area contributed by atoms with Gasteiger partial charge in [0, 0.05) is 6.04 Å². The number of hydrogen-bond donors (Lipinski definition) is 2. The third-order valence-electron chi connectivity index (χ3n) is 4.40. The average molecular weight is 261 g/mol. The van der Waals surface area contributed by atoms with Gasteiger partial charge in [-0.2, -0.15) is 0 Å². The Labute approximate surface area is 117 Å². The van der Waals surface area contributed by atoms with Crippen molar-refractivity contribution in [2.45, 2.75) is 52.0 Å². The van der Waals surface area contributed by atoms with Gasteiger partial charge in [-0.1, -0.05) is 38.8 Å². The normalized spacial score (nSPS) is 25.2. The Kier molecular flexibility index (Phi) is 5.26. The zero-order valence-corrected chi connectivity index (χ0v) is 12.2. The summed E-state index contributed by atoms with van der Waals surface area (Å²) in [5.74, 6) is 2.09. The van der Waals surface area contributed by atoms with E-state index in [1.165, 1.54) is 31.2 Å². The van der Waals surface area contributed by atoms with Crippen molar-refractivity contribution in [1.29, 1.82) is 0 Å². The van der Waals surface area contributed by atoms with Crippen LogP contribution in [0.1, 0.15) is 57.6 Å². The molecule has 2 rings (SSSR count). The van der Waals surface area contributed by atoms with Crippen LogP contribution in [-0.4, -0.2) is 11.7 Å². The minimum Gasteiger partial charge on any atom is -0.508 e. The highest BCUT2D eigenvalue weighted by Crippen LogP contribution is 2.29. The van der Waals surface area contributed by atoms with Crippen LogP contribution in [0.4, 0.5) is 0 Å². The third-order valence-corrected chi connectivity index (χ3v) is 4.40. The van der Waals surface area contributed by atoms with E-state index in [9.17, 15) is 5.11 Å². The van der Waals surface area contributed by atoms with E-state index in [2.05, 4.69) is 19.2 Å². The van der Waals surface area contributed by atoms with Crippen LogP contribution >= 0.6 is 0 Å². The molecule has 106 valence electrons. The highest BCUT2D eigenvalue weighted by Gasteiger charge is 2.19. The summed E-state index contributed by atoms with van der Waals surface area (Å²) in [6.07, 6.45) is 6.64. The summed E-state index contributed by atoms with van der Waals surface area (Å²) in [5, 5.41) is 13.1. The number of hydrogen-bond acceptors (Lipinski definition) is 2. The van der Waals surface area contributed by atoms with Crippen LogP contribution in [0.15, 0.2) is 24.3 Å². The van der Waals surface area contributed by atoms with Gasteiger partial charge < -0.3 is 10.4 Å². The van der Waals surface area contributed by atoms with E-state index in [1.54, 1.807) is 12.1 Å². The van der Waals surface area contributed by atoms with Gasteiger partial charge in [0.1, 0.15) is 5.75 Å². The van der Waals surface area contributed by atoms with E-state index in [4.69, 9.17) is 0 Å². The maximum Gasteiger partial charge on any atom is 0.115 e. The standard InChI is InChI=1S/C17H27NO/c1-3-17(15-7-9-16(19)10-8-15)18-12-14-6-4-5-13(2)11-14/h7-10,13-14,17-19H,3-6,11-12H2,1-2H3. The first kappa shape index (κ1) is 14.4. The smallest absolute Gasteiger partial charge is 0.115 e. The predicted molar refractivity (Wildman–Crippen MR) is 80.3 cm³/mol. The summed E-state index contributed by atoms with van der Waals surface area (Å²) < 4.78 is 0. The molecule has 0 radical (unpaired) electrons. The maximum absolute atomic E-state index is 9.35. The van der Waals surface area contributed by atoms with E-state index >= 15 is 0 Å². The van der Waals surface area contributed by atoms with Crippen LogP contribution in [0.25, 0.3) is 0 Å². The molecule has 1 aliphatic carbocycles. The van der Waals surface area contributed by atoms with Crippen LogP contribution in [0.5, 0.6) is 5.75 Å². The van der Waals surface area contributed by atoms with Crippen LogP contribution in [-0.2, 0) is 0 Å². The minimum atomic E-state index is 0.347. The van der Waals surface area contributed by atoms with Crippen molar-refractivity contribution < 1.29 is 5.11 Å². The summed E-state index contributed by atoms with van der Waals surface area (Å²) in [7, 11) is 0. The molecule has 0 saturated heterocycles. The Morgan fingerprint density at radius 2 is 2.00 bits per heavy atom. The van der Waals surface area contributed by atoms with Gasteiger partial charge in [-0.25, -0.2) is 0 Å². The maximum atomic E-state index is 9.35. The predicted octanol–water partition coefficient (Wildman–Crippen LogP) is 4.26. The second-order valence-electron chi connectivity index (χ2n) is 6.10. The van der Waals surface area contributed by atoms with E-state index < -0.39 is 0 Å². The Balaban J connectivity index is 1.87. The molecular weight excluding hydrogens is 234 g/mol. The first-order valence-electron chi connectivity index (χ1n) is 7.71. The molecular formula is C17H27NO. The second-order valence-corrected chi connectivity index (χ2v) is 6.10. The van der Waals surface area contributed by atoms with Gasteiger partial charge >= 0.3 is 0 Å². The quantitative estimate of drug-likeness (QED) is 0.830. The van der Waals surface area contributed by atoms with Crippen molar-refractivity contribution in [1.82, 2.24) is 5.32 Å². The molecule has 3 atom stereocenters. The Hall–Kier alpha value is -1.02. The molecule has 19 heavy (non-hydrogen) atoms. The fraction of sp³-hybridized carbons (Fsp3) is 0.647. The lowest BCUT2D eigenvalue weighted by atomic mass is 9.82. The molecule has 1 saturated carbocycles. The molecule has 2 N–H and O–H groups in total. The monoisotopic (exact) mass is 261 g/mol. The van der Waals surface area contributed by atoms with Gasteiger partial charge in [-0.05, 0) is 55.3 Å². The van der Waals surface area contributed by atoms with Gasteiger partial charge in [0.25, 0.3) is 0 Å². The van der Waals surface area contributed by atoms with Gasteiger partial charge in [0.2, 0.25) is 0 Å². The molecule has 0 amide bonds. The highest BCUT2D eigenvalue weighted by molar-refractivity contribution is 5.27. The van der Waals surface area contributed by atoms with Crippen LogP contribution in [0, 0.1) is 11.8 Å². The van der Waals surface area contributed by atoms with Gasteiger partial charge in [0.15, 0.2) is 0 Å². The first-order valence-corrected chi connectivity index (χ1v) is 7.71. The van der Waals surface area contributed by atoms with Crippen molar-refractivity contribution in [3.8, 4) is 5.75 Å². The van der Waals surface area contributed by atoms with Gasteiger partial charge in [-0.3, -0.25) is 0 Å². The highest BCUT2D eigenvalue weighted by atomic mass is 16.3. The molecule has 0 bridgehead atoms. The fourth-order valence-corrected chi connectivity index (χ4v) is 3.26. The van der Waals surface area contributed by atoms with E-state index in [0.29, 0.717) is 11.8 Å². The molecule has 1 aliphatic rings. The summed E-state index contributed by atoms with van der Waals surface area (Å²) in [5.41, 5.74) is 1.28. The van der Waals surface area contributed by atoms with Crippen LogP contribution in [0.3, 0.4) is 0 Å². The zero-order chi connectivity index (χ0) is 13.7. The summed E-state index contributed by atoms with van der Waals surface area (Å²) in [6.45, 7) is 5.72. The van der Waals surface area contributed by atoms with E-state index in [0.717, 1.165) is 24.8 Å². The van der Waals surface area contributed by atoms with Crippen molar-refractivity contribution >= 4 is 0 Å². The van der Waals surface area contributed by atoms with Crippen molar-refractivity contribution in [2.75, 3.05) is 6.54 Å². The Bertz CT molecular complexity index is 373. The minimum absolute atomic E-state index is 0.347. The Morgan fingerprint density at radius 1 is 1.26 bits per heavy atom.